The summed E-state index contributed by atoms with van der Waals surface area (Å²) in [5.41, 5.74) is 3.53. The van der Waals surface area contributed by atoms with Gasteiger partial charge < -0.3 is 9.64 Å². The summed E-state index contributed by atoms with van der Waals surface area (Å²) in [5.74, 6) is 0.934. The van der Waals surface area contributed by atoms with Gasteiger partial charge in [-0.25, -0.2) is 0 Å². The topological polar surface area (TPSA) is 12.5 Å². The Bertz CT molecular complexity index is 939. The molecule has 0 N–H and O–H groups in total. The van der Waals surface area contributed by atoms with Gasteiger partial charge in [-0.3, -0.25) is 0 Å². The van der Waals surface area contributed by atoms with Crippen LogP contribution in [0, 0.1) is 0 Å². The summed E-state index contributed by atoms with van der Waals surface area (Å²) in [5, 5.41) is 0. The minimum absolute atomic E-state index is 0.785. The van der Waals surface area contributed by atoms with Crippen LogP contribution >= 0.6 is 43.6 Å². The van der Waals surface area contributed by atoms with Crippen LogP contribution in [0.4, 0.5) is 17.1 Å². The molecule has 0 unspecified atom stereocenters. The van der Waals surface area contributed by atoms with Crippen molar-refractivity contribution in [2.75, 3.05) is 11.5 Å². The van der Waals surface area contributed by atoms with Crippen LogP contribution in [0.3, 0.4) is 0 Å². The number of hydrogen-bond donors (Lipinski definition) is 0. The minimum Gasteiger partial charge on any atom is -0.494 e. The predicted octanol–water partition coefficient (Wildman–Crippen LogP) is 9.11. The van der Waals surface area contributed by atoms with Crippen molar-refractivity contribution in [2.24, 2.45) is 0 Å². The quantitative estimate of drug-likeness (QED) is 0.220. The van der Waals surface area contributed by atoms with Gasteiger partial charge in [-0.05, 0) is 67.1 Å². The SMILES string of the molecule is CCCCCCOc1ccc(N2c3ccc(Br)cc3Sc3cc(Br)ccc32)cc1. The summed E-state index contributed by atoms with van der Waals surface area (Å²) in [7, 11) is 0. The number of unbranched alkanes of at least 4 members (excludes halogenated alkanes) is 3. The van der Waals surface area contributed by atoms with Crippen LogP contribution in [-0.2, 0) is 0 Å². The average Bonchev–Trinajstić information content (AvgIpc) is 2.72. The van der Waals surface area contributed by atoms with Crippen molar-refractivity contribution in [3.63, 3.8) is 0 Å². The van der Waals surface area contributed by atoms with E-state index >= 15 is 0 Å². The van der Waals surface area contributed by atoms with Crippen molar-refractivity contribution < 1.29 is 4.74 Å². The third kappa shape index (κ3) is 4.84. The highest BCUT2D eigenvalue weighted by molar-refractivity contribution is 9.10. The van der Waals surface area contributed by atoms with Gasteiger partial charge in [-0.1, -0.05) is 69.8 Å². The fourth-order valence-electron chi connectivity index (χ4n) is 3.45. The average molecular weight is 533 g/mol. The number of rotatable bonds is 7. The molecule has 3 aromatic rings. The summed E-state index contributed by atoms with van der Waals surface area (Å²) < 4.78 is 8.11. The lowest BCUT2D eigenvalue weighted by Crippen LogP contribution is -2.14. The van der Waals surface area contributed by atoms with Crippen LogP contribution < -0.4 is 9.64 Å². The smallest absolute Gasteiger partial charge is 0.119 e. The Morgan fingerprint density at radius 1 is 0.793 bits per heavy atom. The summed E-state index contributed by atoms with van der Waals surface area (Å²) in [4.78, 5) is 4.80. The monoisotopic (exact) mass is 531 g/mol. The molecule has 5 heteroatoms. The molecule has 29 heavy (non-hydrogen) atoms. The molecule has 0 atom stereocenters. The second-order valence-electron chi connectivity index (χ2n) is 7.06. The lowest BCUT2D eigenvalue weighted by atomic mass is 10.1. The van der Waals surface area contributed by atoms with Crippen molar-refractivity contribution in [2.45, 2.75) is 42.4 Å². The van der Waals surface area contributed by atoms with Crippen LogP contribution in [0.5, 0.6) is 5.75 Å². The molecule has 150 valence electrons. The molecule has 0 aromatic heterocycles. The fraction of sp³-hybridized carbons (Fsp3) is 0.250. The van der Waals surface area contributed by atoms with Crippen LogP contribution in [-0.4, -0.2) is 6.61 Å². The molecular weight excluding hydrogens is 510 g/mol. The lowest BCUT2D eigenvalue weighted by Gasteiger charge is -2.33. The van der Waals surface area contributed by atoms with Crippen LogP contribution in [0.1, 0.15) is 32.6 Å². The van der Waals surface area contributed by atoms with Gasteiger partial charge in [0.05, 0.1) is 18.0 Å². The van der Waals surface area contributed by atoms with Crippen molar-refractivity contribution in [1.29, 1.82) is 0 Å². The number of fused-ring (bicyclic) bond motifs is 2. The van der Waals surface area contributed by atoms with E-state index in [9.17, 15) is 0 Å². The molecule has 3 aromatic carbocycles. The highest BCUT2D eigenvalue weighted by Crippen LogP contribution is 2.52. The molecule has 0 saturated carbocycles. The Labute approximate surface area is 193 Å². The van der Waals surface area contributed by atoms with Gasteiger partial charge in [0.2, 0.25) is 0 Å². The first-order valence-corrected chi connectivity index (χ1v) is 12.4. The first kappa shape index (κ1) is 20.8. The fourth-order valence-corrected chi connectivity index (χ4v) is 5.61. The third-order valence-electron chi connectivity index (χ3n) is 4.91. The Morgan fingerprint density at radius 3 is 2.00 bits per heavy atom. The highest BCUT2D eigenvalue weighted by atomic mass is 79.9. The molecule has 0 bridgehead atoms. The van der Waals surface area contributed by atoms with Gasteiger partial charge in [-0.2, -0.15) is 0 Å². The maximum atomic E-state index is 5.93. The number of benzene rings is 3. The van der Waals surface area contributed by atoms with Crippen LogP contribution in [0.25, 0.3) is 0 Å². The highest BCUT2D eigenvalue weighted by Gasteiger charge is 2.25. The Kier molecular flexibility index (Phi) is 6.88. The summed E-state index contributed by atoms with van der Waals surface area (Å²) >= 11 is 9.03. The second-order valence-corrected chi connectivity index (χ2v) is 9.98. The van der Waals surface area contributed by atoms with Gasteiger partial charge in [-0.15, -0.1) is 0 Å². The predicted molar refractivity (Wildman–Crippen MR) is 130 cm³/mol. The first-order valence-electron chi connectivity index (χ1n) is 9.95. The van der Waals surface area contributed by atoms with Crippen molar-refractivity contribution in [3.8, 4) is 5.75 Å². The van der Waals surface area contributed by atoms with E-state index in [1.807, 2.05) is 0 Å². The van der Waals surface area contributed by atoms with Gasteiger partial charge in [0.15, 0.2) is 0 Å². The molecule has 4 rings (SSSR count). The summed E-state index contributed by atoms with van der Waals surface area (Å²) in [6.07, 6.45) is 4.88. The largest absolute Gasteiger partial charge is 0.494 e. The van der Waals surface area contributed by atoms with E-state index in [0.29, 0.717) is 0 Å². The maximum Gasteiger partial charge on any atom is 0.119 e. The van der Waals surface area contributed by atoms with E-state index in [1.54, 1.807) is 11.8 Å². The molecule has 0 amide bonds. The number of ether oxygens (including phenoxy) is 1. The van der Waals surface area contributed by atoms with Crippen molar-refractivity contribution in [1.82, 2.24) is 0 Å². The lowest BCUT2D eigenvalue weighted by molar-refractivity contribution is 0.305. The van der Waals surface area contributed by atoms with Crippen LogP contribution in [0.15, 0.2) is 79.4 Å². The van der Waals surface area contributed by atoms with Crippen molar-refractivity contribution >= 4 is 60.7 Å². The molecule has 0 saturated heterocycles. The third-order valence-corrected chi connectivity index (χ3v) is 6.99. The zero-order chi connectivity index (χ0) is 20.2. The molecular formula is C24H23Br2NOS. The number of halogens is 2. The standard InChI is InChI=1S/C24H23Br2NOS/c1-2-3-4-5-14-28-20-10-8-19(9-11-20)27-21-12-6-17(25)15-23(21)29-24-16-18(26)7-13-22(24)27/h6-13,15-16H,2-5,14H2,1H3. The van der Waals surface area contributed by atoms with Crippen molar-refractivity contribution in [3.05, 3.63) is 69.6 Å². The molecule has 0 aliphatic carbocycles. The van der Waals surface area contributed by atoms with Gasteiger partial charge in [0.1, 0.15) is 5.75 Å². The Hall–Kier alpha value is -1.43. The Balaban J connectivity index is 1.61. The molecule has 1 aliphatic heterocycles. The van der Waals surface area contributed by atoms with E-state index in [2.05, 4.69) is 104 Å². The second kappa shape index (κ2) is 9.59. The summed E-state index contributed by atoms with van der Waals surface area (Å²) in [6.45, 7) is 3.01. The molecule has 2 nitrogen and oxygen atoms in total. The number of hydrogen-bond acceptors (Lipinski definition) is 3. The van der Waals surface area contributed by atoms with E-state index in [0.717, 1.165) is 33.4 Å². The van der Waals surface area contributed by atoms with E-state index in [4.69, 9.17) is 4.74 Å². The maximum absolute atomic E-state index is 5.93. The van der Waals surface area contributed by atoms with Gasteiger partial charge >= 0.3 is 0 Å². The summed E-state index contributed by atoms with van der Waals surface area (Å²) in [6, 6.07) is 21.4. The van der Waals surface area contributed by atoms with Gasteiger partial charge in [0, 0.05) is 24.4 Å². The molecule has 1 heterocycles. The molecule has 0 fully saturated rings. The molecule has 0 spiro atoms. The number of nitrogens with zero attached hydrogens (tertiary/aromatic N) is 1. The molecule has 1 aliphatic rings. The minimum atomic E-state index is 0.785. The van der Waals surface area contributed by atoms with E-state index in [1.165, 1.54) is 40.4 Å². The van der Waals surface area contributed by atoms with Crippen LogP contribution in [0.2, 0.25) is 0 Å². The molecule has 0 radical (unpaired) electrons. The number of anilines is 3. The van der Waals surface area contributed by atoms with E-state index < -0.39 is 0 Å². The Morgan fingerprint density at radius 2 is 1.41 bits per heavy atom. The zero-order valence-corrected chi connectivity index (χ0v) is 20.3. The van der Waals surface area contributed by atoms with Gasteiger partial charge in [0.25, 0.3) is 0 Å². The van der Waals surface area contributed by atoms with E-state index in [-0.39, 0.29) is 0 Å². The first-order chi connectivity index (χ1) is 14.2. The normalized spacial score (nSPS) is 12.4. The zero-order valence-electron chi connectivity index (χ0n) is 16.3.